The van der Waals surface area contributed by atoms with Gasteiger partial charge in [0.25, 0.3) is 0 Å². The molecule has 0 aliphatic heterocycles. The average molecular weight is 482 g/mol. The lowest BCUT2D eigenvalue weighted by Gasteiger charge is -2.12. The highest BCUT2D eigenvalue weighted by Crippen LogP contribution is 2.28. The number of rotatable bonds is 9. The average Bonchev–Trinajstić information content (AvgIpc) is 3.41. The highest BCUT2D eigenvalue weighted by Gasteiger charge is 2.28. The van der Waals surface area contributed by atoms with E-state index in [-0.39, 0.29) is 41.6 Å². The topological polar surface area (TPSA) is 74.8 Å². The molecule has 1 saturated carbocycles. The van der Waals surface area contributed by atoms with Crippen LogP contribution in [0.4, 0.5) is 8.78 Å². The van der Waals surface area contributed by atoms with Crippen molar-refractivity contribution in [1.29, 1.82) is 0 Å². The number of carbonyl (C=O) groups is 1. The third kappa shape index (κ3) is 8.63. The predicted octanol–water partition coefficient (Wildman–Crippen LogP) is 2.49. The van der Waals surface area contributed by atoms with Gasteiger partial charge in [0.2, 0.25) is 5.91 Å². The standard InChI is InChI=1S/C17H24F2N4O2.HI/c1-2-20-17(22-9-8-21-15(24)13-6-7-13)23-11-12-4-3-5-14(10-12)25-16(18)19;/h3-5,10,13,16H,2,6-9,11H2,1H3,(H,21,24)(H2,20,22,23);1H. The van der Waals surface area contributed by atoms with E-state index < -0.39 is 6.61 Å². The van der Waals surface area contributed by atoms with Crippen molar-refractivity contribution in [3.8, 4) is 5.75 Å². The molecule has 1 fully saturated rings. The summed E-state index contributed by atoms with van der Waals surface area (Å²) in [4.78, 5) is 16.0. The summed E-state index contributed by atoms with van der Waals surface area (Å²) in [7, 11) is 0. The first kappa shape index (κ1) is 22.4. The SMILES string of the molecule is CCNC(=NCc1cccc(OC(F)F)c1)NCCNC(=O)C1CC1.I. The van der Waals surface area contributed by atoms with Gasteiger partial charge >= 0.3 is 6.61 Å². The van der Waals surface area contributed by atoms with Crippen molar-refractivity contribution < 1.29 is 18.3 Å². The third-order valence-electron chi connectivity index (χ3n) is 3.55. The van der Waals surface area contributed by atoms with Crippen LogP contribution in [0.2, 0.25) is 0 Å². The van der Waals surface area contributed by atoms with E-state index >= 15 is 0 Å². The number of halogens is 3. The van der Waals surface area contributed by atoms with Gasteiger partial charge in [0.1, 0.15) is 5.75 Å². The first-order chi connectivity index (χ1) is 12.1. The fraction of sp³-hybridized carbons (Fsp3) is 0.529. The zero-order valence-electron chi connectivity index (χ0n) is 14.6. The van der Waals surface area contributed by atoms with Crippen LogP contribution in [0, 0.1) is 5.92 Å². The first-order valence-corrected chi connectivity index (χ1v) is 8.42. The van der Waals surface area contributed by atoms with Crippen molar-refractivity contribution in [3.05, 3.63) is 29.8 Å². The van der Waals surface area contributed by atoms with Crippen LogP contribution in [0.3, 0.4) is 0 Å². The van der Waals surface area contributed by atoms with Gasteiger partial charge in [-0.05, 0) is 37.5 Å². The Morgan fingerprint density at radius 3 is 2.65 bits per heavy atom. The van der Waals surface area contributed by atoms with Gasteiger partial charge in [-0.25, -0.2) is 4.99 Å². The Kier molecular flexibility index (Phi) is 10.2. The van der Waals surface area contributed by atoms with E-state index in [0.29, 0.717) is 32.1 Å². The molecule has 3 N–H and O–H groups in total. The number of benzene rings is 1. The quantitative estimate of drug-likeness (QED) is 0.219. The molecule has 0 spiro atoms. The second-order valence-corrected chi connectivity index (χ2v) is 5.71. The third-order valence-corrected chi connectivity index (χ3v) is 3.55. The minimum absolute atomic E-state index is 0. The van der Waals surface area contributed by atoms with Crippen molar-refractivity contribution in [2.45, 2.75) is 32.9 Å². The van der Waals surface area contributed by atoms with E-state index in [1.807, 2.05) is 6.92 Å². The van der Waals surface area contributed by atoms with Gasteiger partial charge in [-0.2, -0.15) is 8.78 Å². The van der Waals surface area contributed by atoms with E-state index in [2.05, 4.69) is 25.7 Å². The van der Waals surface area contributed by atoms with Gasteiger partial charge in [-0.1, -0.05) is 12.1 Å². The van der Waals surface area contributed by atoms with Crippen LogP contribution in [0.25, 0.3) is 0 Å². The van der Waals surface area contributed by atoms with E-state index in [9.17, 15) is 13.6 Å². The molecule has 0 bridgehead atoms. The molecule has 0 heterocycles. The molecule has 0 radical (unpaired) electrons. The Bertz CT molecular complexity index is 598. The second-order valence-electron chi connectivity index (χ2n) is 5.71. The molecular formula is C17H25F2IN4O2. The minimum Gasteiger partial charge on any atom is -0.435 e. The lowest BCUT2D eigenvalue weighted by atomic mass is 10.2. The Labute approximate surface area is 169 Å². The lowest BCUT2D eigenvalue weighted by molar-refractivity contribution is -0.122. The van der Waals surface area contributed by atoms with Gasteiger partial charge in [-0.15, -0.1) is 24.0 Å². The number of amides is 1. The van der Waals surface area contributed by atoms with Gasteiger partial charge in [0.05, 0.1) is 6.54 Å². The molecule has 0 saturated heterocycles. The molecule has 146 valence electrons. The van der Waals surface area contributed by atoms with Crippen molar-refractivity contribution in [2.75, 3.05) is 19.6 Å². The number of hydrogen-bond donors (Lipinski definition) is 3. The summed E-state index contributed by atoms with van der Waals surface area (Å²) in [5.74, 6) is 1.02. The zero-order valence-corrected chi connectivity index (χ0v) is 17.0. The van der Waals surface area contributed by atoms with Crippen molar-refractivity contribution in [1.82, 2.24) is 16.0 Å². The Balaban J connectivity index is 0.00000338. The maximum absolute atomic E-state index is 12.3. The van der Waals surface area contributed by atoms with Crippen LogP contribution >= 0.6 is 24.0 Å². The minimum atomic E-state index is -2.84. The predicted molar refractivity (Wildman–Crippen MR) is 107 cm³/mol. The smallest absolute Gasteiger partial charge is 0.387 e. The lowest BCUT2D eigenvalue weighted by Crippen LogP contribution is -2.41. The summed E-state index contributed by atoms with van der Waals surface area (Å²) < 4.78 is 28.9. The summed E-state index contributed by atoms with van der Waals surface area (Å²) in [6.07, 6.45) is 1.97. The second kappa shape index (κ2) is 11.9. The van der Waals surface area contributed by atoms with Gasteiger partial charge in [0, 0.05) is 25.6 Å². The van der Waals surface area contributed by atoms with Crippen LogP contribution in [-0.2, 0) is 11.3 Å². The number of guanidine groups is 1. The van der Waals surface area contributed by atoms with Gasteiger partial charge < -0.3 is 20.7 Å². The van der Waals surface area contributed by atoms with Crippen LogP contribution in [-0.4, -0.2) is 38.1 Å². The highest BCUT2D eigenvalue weighted by molar-refractivity contribution is 14.0. The molecule has 9 heteroatoms. The molecule has 0 aromatic heterocycles. The number of carbonyl (C=O) groups excluding carboxylic acids is 1. The maximum Gasteiger partial charge on any atom is 0.387 e. The van der Waals surface area contributed by atoms with Gasteiger partial charge in [0.15, 0.2) is 5.96 Å². The van der Waals surface area contributed by atoms with Crippen molar-refractivity contribution in [3.63, 3.8) is 0 Å². The zero-order chi connectivity index (χ0) is 18.1. The van der Waals surface area contributed by atoms with E-state index in [1.165, 1.54) is 12.1 Å². The number of nitrogens with one attached hydrogen (secondary N) is 3. The van der Waals surface area contributed by atoms with E-state index in [4.69, 9.17) is 0 Å². The fourth-order valence-electron chi connectivity index (χ4n) is 2.19. The summed E-state index contributed by atoms with van der Waals surface area (Å²) in [5.41, 5.74) is 0.761. The van der Waals surface area contributed by atoms with Crippen LogP contribution < -0.4 is 20.7 Å². The molecule has 6 nitrogen and oxygen atoms in total. The Morgan fingerprint density at radius 2 is 2.00 bits per heavy atom. The van der Waals surface area contributed by atoms with Crippen molar-refractivity contribution >= 4 is 35.8 Å². The molecule has 1 aromatic rings. The highest BCUT2D eigenvalue weighted by atomic mass is 127. The molecule has 26 heavy (non-hydrogen) atoms. The number of nitrogens with zero attached hydrogens (tertiary/aromatic N) is 1. The summed E-state index contributed by atoms with van der Waals surface area (Å²) in [6, 6.07) is 6.46. The molecule has 2 rings (SSSR count). The monoisotopic (exact) mass is 482 g/mol. The molecule has 0 unspecified atom stereocenters. The van der Waals surface area contributed by atoms with E-state index in [1.54, 1.807) is 12.1 Å². The van der Waals surface area contributed by atoms with E-state index in [0.717, 1.165) is 18.4 Å². The Morgan fingerprint density at radius 1 is 1.27 bits per heavy atom. The van der Waals surface area contributed by atoms with Crippen molar-refractivity contribution in [2.24, 2.45) is 10.9 Å². The number of ether oxygens (including phenoxy) is 1. The van der Waals surface area contributed by atoms with Crippen LogP contribution in [0.5, 0.6) is 5.75 Å². The molecule has 1 aliphatic rings. The molecule has 0 atom stereocenters. The summed E-state index contributed by atoms with van der Waals surface area (Å²) in [6.45, 7) is 1.20. The normalized spacial score (nSPS) is 13.8. The first-order valence-electron chi connectivity index (χ1n) is 8.42. The molecule has 1 aromatic carbocycles. The molecule has 1 amide bonds. The maximum atomic E-state index is 12.3. The summed E-state index contributed by atoms with van der Waals surface area (Å²) in [5, 5.41) is 9.09. The van der Waals surface area contributed by atoms with Crippen LogP contribution in [0.15, 0.2) is 29.3 Å². The molecule has 1 aliphatic carbocycles. The summed E-state index contributed by atoms with van der Waals surface area (Å²) >= 11 is 0. The number of aliphatic imine (C=N–C) groups is 1. The largest absolute Gasteiger partial charge is 0.435 e. The number of alkyl halides is 2. The van der Waals surface area contributed by atoms with Crippen LogP contribution in [0.1, 0.15) is 25.3 Å². The molecular weight excluding hydrogens is 457 g/mol. The number of hydrogen-bond acceptors (Lipinski definition) is 3. The van der Waals surface area contributed by atoms with Gasteiger partial charge in [-0.3, -0.25) is 4.79 Å². The Hall–Kier alpha value is -1.65. The fourth-order valence-corrected chi connectivity index (χ4v) is 2.19.